The number of morpholine rings is 1. The summed E-state index contributed by atoms with van der Waals surface area (Å²) in [6.07, 6.45) is 2.28. The van der Waals surface area contributed by atoms with Gasteiger partial charge in [0.25, 0.3) is 0 Å². The van der Waals surface area contributed by atoms with Gasteiger partial charge in [0.15, 0.2) is 0 Å². The molecule has 2 aromatic carbocycles. The van der Waals surface area contributed by atoms with Gasteiger partial charge in [0, 0.05) is 67.9 Å². The van der Waals surface area contributed by atoms with Crippen LogP contribution in [0.1, 0.15) is 12.0 Å². The first-order valence-electron chi connectivity index (χ1n) is 12.3. The molecule has 1 aromatic heterocycles. The zero-order valence-electron chi connectivity index (χ0n) is 20.2. The second-order valence-electron chi connectivity index (χ2n) is 9.70. The fourth-order valence-electron chi connectivity index (χ4n) is 5.02. The number of amides is 1. The third kappa shape index (κ3) is 5.81. The maximum Gasteiger partial charge on any atom is 0.225 e. The highest BCUT2D eigenvalue weighted by Gasteiger charge is 2.41. The number of carbonyl (C=O) groups is 1. The highest BCUT2D eigenvalue weighted by molar-refractivity contribution is 6.30. The van der Waals surface area contributed by atoms with Gasteiger partial charge in [-0.2, -0.15) is 0 Å². The molecule has 1 atom stereocenters. The first-order valence-corrected chi connectivity index (χ1v) is 12.6. The number of fused-ring (bicyclic) bond motifs is 1. The molecule has 2 fully saturated rings. The lowest BCUT2D eigenvalue weighted by Crippen LogP contribution is -2.58. The van der Waals surface area contributed by atoms with Gasteiger partial charge in [-0.25, -0.2) is 0 Å². The molecule has 0 radical (unpaired) electrons. The second-order valence-corrected chi connectivity index (χ2v) is 10.1. The van der Waals surface area contributed by atoms with E-state index >= 15 is 0 Å². The Labute approximate surface area is 211 Å². The number of ether oxygens (including phenoxy) is 2. The molecule has 1 N–H and O–H groups in total. The average molecular weight is 497 g/mol. The molecule has 2 saturated heterocycles. The summed E-state index contributed by atoms with van der Waals surface area (Å²) in [6.45, 7) is 6.39. The molecule has 0 spiro atoms. The normalized spacial score (nSPS) is 21.9. The number of piperazine rings is 1. The smallest absolute Gasteiger partial charge is 0.225 e. The number of benzene rings is 2. The summed E-state index contributed by atoms with van der Waals surface area (Å²) in [7, 11) is 2.09. The number of H-pyrrole nitrogens is 1. The summed E-state index contributed by atoms with van der Waals surface area (Å²) in [5.74, 6) is 0.853. The molecule has 7 nitrogen and oxygen atoms in total. The van der Waals surface area contributed by atoms with Crippen LogP contribution in [-0.4, -0.2) is 90.7 Å². The standard InChI is InChI=1S/C27H33ClN4O3/c1-30-11-13-32(14-12-30)26(33)17-27(20-34-23-7-5-22(28)6-8-23)19-31(15-16-35-27)18-21-3-2-4-25-24(21)9-10-29-25/h2-10,29H,11-20H2,1H3/t27-/m1/s1. The molecule has 0 bridgehead atoms. The Balaban J connectivity index is 1.33. The number of aromatic amines is 1. The number of hydrogen-bond donors (Lipinski definition) is 1. The van der Waals surface area contributed by atoms with Crippen molar-refractivity contribution in [3.63, 3.8) is 0 Å². The predicted octanol–water partition coefficient (Wildman–Crippen LogP) is 3.64. The van der Waals surface area contributed by atoms with Gasteiger partial charge in [0.2, 0.25) is 5.91 Å². The molecule has 0 aliphatic carbocycles. The van der Waals surface area contributed by atoms with Crippen molar-refractivity contribution in [2.45, 2.75) is 18.6 Å². The fraction of sp³-hybridized carbons (Fsp3) is 0.444. The van der Waals surface area contributed by atoms with Crippen molar-refractivity contribution < 1.29 is 14.3 Å². The molecule has 0 saturated carbocycles. The summed E-state index contributed by atoms with van der Waals surface area (Å²) in [6, 6.07) is 15.8. The third-order valence-corrected chi connectivity index (χ3v) is 7.30. The van der Waals surface area contributed by atoms with E-state index in [1.165, 1.54) is 10.9 Å². The number of nitrogens with zero attached hydrogens (tertiary/aromatic N) is 3. The maximum atomic E-state index is 13.4. The Bertz CT molecular complexity index is 1140. The zero-order valence-corrected chi connectivity index (χ0v) is 21.0. The maximum absolute atomic E-state index is 13.4. The monoisotopic (exact) mass is 496 g/mol. The van der Waals surface area contributed by atoms with E-state index in [2.05, 4.69) is 46.1 Å². The van der Waals surface area contributed by atoms with Crippen LogP contribution in [-0.2, 0) is 16.1 Å². The van der Waals surface area contributed by atoms with E-state index in [1.807, 2.05) is 35.4 Å². The summed E-state index contributed by atoms with van der Waals surface area (Å²) >= 11 is 6.04. The van der Waals surface area contributed by atoms with Crippen molar-refractivity contribution in [3.8, 4) is 5.75 Å². The van der Waals surface area contributed by atoms with Crippen molar-refractivity contribution in [2.75, 3.05) is 59.5 Å². The summed E-state index contributed by atoms with van der Waals surface area (Å²) in [5, 5.41) is 1.90. The molecule has 1 amide bonds. The van der Waals surface area contributed by atoms with Crippen molar-refractivity contribution in [1.29, 1.82) is 0 Å². The van der Waals surface area contributed by atoms with E-state index in [0.717, 1.165) is 50.5 Å². The minimum atomic E-state index is -0.718. The van der Waals surface area contributed by atoms with Gasteiger partial charge in [0.1, 0.15) is 18.0 Å². The summed E-state index contributed by atoms with van der Waals surface area (Å²) < 4.78 is 12.5. The summed E-state index contributed by atoms with van der Waals surface area (Å²) in [5.41, 5.74) is 1.69. The first kappa shape index (κ1) is 24.1. The summed E-state index contributed by atoms with van der Waals surface area (Å²) in [4.78, 5) is 23.3. The van der Waals surface area contributed by atoms with Crippen LogP contribution >= 0.6 is 11.6 Å². The molecule has 8 heteroatoms. The molecule has 35 heavy (non-hydrogen) atoms. The number of rotatable bonds is 7. The van der Waals surface area contributed by atoms with E-state index in [0.29, 0.717) is 31.2 Å². The lowest BCUT2D eigenvalue weighted by molar-refractivity contribution is -0.157. The second kappa shape index (κ2) is 10.6. The van der Waals surface area contributed by atoms with Crippen molar-refractivity contribution in [3.05, 3.63) is 65.3 Å². The molecule has 3 aromatic rings. The molecule has 5 rings (SSSR count). The Hall–Kier alpha value is -2.58. The Kier molecular flexibility index (Phi) is 7.29. The minimum Gasteiger partial charge on any atom is -0.491 e. The van der Waals surface area contributed by atoms with Crippen LogP contribution in [0.2, 0.25) is 5.02 Å². The SMILES string of the molecule is CN1CCN(C(=O)C[C@]2(COc3ccc(Cl)cc3)CN(Cc3cccc4[nH]ccc34)CCO2)CC1. The highest BCUT2D eigenvalue weighted by Crippen LogP contribution is 2.28. The van der Waals surface area contributed by atoms with Gasteiger partial charge in [0.05, 0.1) is 13.0 Å². The minimum absolute atomic E-state index is 0.132. The van der Waals surface area contributed by atoms with Gasteiger partial charge < -0.3 is 24.3 Å². The lowest BCUT2D eigenvalue weighted by atomic mass is 9.96. The quantitative estimate of drug-likeness (QED) is 0.541. The van der Waals surface area contributed by atoms with Crippen LogP contribution < -0.4 is 4.74 Å². The Morgan fingerprint density at radius 2 is 1.89 bits per heavy atom. The molecule has 2 aliphatic rings. The molecule has 2 aliphatic heterocycles. The number of hydrogen-bond acceptors (Lipinski definition) is 5. The van der Waals surface area contributed by atoms with Gasteiger partial charge in [-0.1, -0.05) is 23.7 Å². The van der Waals surface area contributed by atoms with Gasteiger partial charge in [-0.15, -0.1) is 0 Å². The van der Waals surface area contributed by atoms with E-state index in [4.69, 9.17) is 21.1 Å². The molecule has 186 valence electrons. The molecule has 3 heterocycles. The highest BCUT2D eigenvalue weighted by atomic mass is 35.5. The van der Waals surface area contributed by atoms with Crippen molar-refractivity contribution in [1.82, 2.24) is 19.7 Å². The molecular weight excluding hydrogens is 464 g/mol. The topological polar surface area (TPSA) is 61.0 Å². The van der Waals surface area contributed by atoms with Gasteiger partial charge in [-0.3, -0.25) is 9.69 Å². The van der Waals surface area contributed by atoms with E-state index in [-0.39, 0.29) is 5.91 Å². The zero-order chi connectivity index (χ0) is 24.3. The fourth-order valence-corrected chi connectivity index (χ4v) is 5.15. The number of carbonyl (C=O) groups excluding carboxylic acids is 1. The van der Waals surface area contributed by atoms with Crippen molar-refractivity contribution >= 4 is 28.4 Å². The first-order chi connectivity index (χ1) is 17.0. The Morgan fingerprint density at radius 1 is 1.09 bits per heavy atom. The molecular formula is C27H33ClN4O3. The number of nitrogens with one attached hydrogen (secondary N) is 1. The van der Waals surface area contributed by atoms with Crippen LogP contribution in [0, 0.1) is 0 Å². The number of aromatic nitrogens is 1. The number of halogens is 1. The average Bonchev–Trinajstić information content (AvgIpc) is 3.34. The predicted molar refractivity (Wildman–Crippen MR) is 138 cm³/mol. The van der Waals surface area contributed by atoms with Crippen LogP contribution in [0.5, 0.6) is 5.75 Å². The van der Waals surface area contributed by atoms with E-state index < -0.39 is 5.60 Å². The molecule has 0 unspecified atom stereocenters. The van der Waals surface area contributed by atoms with Crippen molar-refractivity contribution in [2.24, 2.45) is 0 Å². The van der Waals surface area contributed by atoms with Gasteiger partial charge in [-0.05, 0) is 49.0 Å². The van der Waals surface area contributed by atoms with Gasteiger partial charge >= 0.3 is 0 Å². The van der Waals surface area contributed by atoms with Crippen LogP contribution in [0.3, 0.4) is 0 Å². The lowest BCUT2D eigenvalue weighted by Gasteiger charge is -2.43. The van der Waals surface area contributed by atoms with E-state index in [9.17, 15) is 4.79 Å². The third-order valence-electron chi connectivity index (χ3n) is 7.05. The number of likely N-dealkylation sites (N-methyl/N-ethyl adjacent to an activating group) is 1. The van der Waals surface area contributed by atoms with E-state index in [1.54, 1.807) is 0 Å². The Morgan fingerprint density at radius 3 is 2.69 bits per heavy atom. The van der Waals surface area contributed by atoms with Crippen LogP contribution in [0.4, 0.5) is 0 Å². The largest absolute Gasteiger partial charge is 0.491 e. The van der Waals surface area contributed by atoms with Crippen LogP contribution in [0.15, 0.2) is 54.7 Å². The van der Waals surface area contributed by atoms with Crippen LogP contribution in [0.25, 0.3) is 10.9 Å².